The molecule has 3 aromatic carbocycles. The van der Waals surface area contributed by atoms with E-state index in [1.54, 1.807) is 18.2 Å². The molecule has 0 saturated heterocycles. The third-order valence-electron chi connectivity index (χ3n) is 5.59. The number of nitrogens with zero attached hydrogens (tertiary/aromatic N) is 2. The summed E-state index contributed by atoms with van der Waals surface area (Å²) >= 11 is 3.46. The van der Waals surface area contributed by atoms with Crippen LogP contribution in [0.5, 0.6) is 0 Å². The number of hydrogen-bond acceptors (Lipinski definition) is 4. The van der Waals surface area contributed by atoms with Crippen LogP contribution in [0.25, 0.3) is 0 Å². The number of carbonyl (C=O) groups excluding carboxylic acids is 2. The van der Waals surface area contributed by atoms with Crippen molar-refractivity contribution >= 4 is 33.4 Å². The molecular formula is C27H28BrN3O4. The largest absolute Gasteiger partial charge is 0.354 e. The smallest absolute Gasteiger partial charge is 0.273 e. The van der Waals surface area contributed by atoms with Crippen LogP contribution in [-0.2, 0) is 29.0 Å². The number of nitro groups is 1. The van der Waals surface area contributed by atoms with Crippen LogP contribution >= 0.6 is 15.9 Å². The van der Waals surface area contributed by atoms with Gasteiger partial charge in [-0.05, 0) is 29.7 Å². The van der Waals surface area contributed by atoms with E-state index in [4.69, 9.17) is 0 Å². The average Bonchev–Trinajstić information content (AvgIpc) is 2.85. The number of hydrogen-bond donors (Lipinski definition) is 1. The summed E-state index contributed by atoms with van der Waals surface area (Å²) in [6.45, 7) is 2.65. The molecule has 0 saturated carbocycles. The molecule has 1 atom stereocenters. The molecule has 0 aliphatic heterocycles. The summed E-state index contributed by atoms with van der Waals surface area (Å²) in [6.07, 6.45) is 0.907. The zero-order valence-electron chi connectivity index (χ0n) is 19.5. The molecule has 2 amide bonds. The van der Waals surface area contributed by atoms with Gasteiger partial charge in [0.25, 0.3) is 5.69 Å². The van der Waals surface area contributed by atoms with Crippen molar-refractivity contribution in [3.8, 4) is 0 Å². The number of amides is 2. The lowest BCUT2D eigenvalue weighted by molar-refractivity contribution is -0.385. The molecule has 0 aromatic heterocycles. The second-order valence-electron chi connectivity index (χ2n) is 8.21. The Balaban J connectivity index is 2.00. The van der Waals surface area contributed by atoms with Gasteiger partial charge >= 0.3 is 0 Å². The van der Waals surface area contributed by atoms with E-state index in [2.05, 4.69) is 21.2 Å². The van der Waals surface area contributed by atoms with Crippen LogP contribution in [0.2, 0.25) is 0 Å². The molecule has 0 heterocycles. The average molecular weight is 538 g/mol. The Kier molecular flexibility index (Phi) is 9.55. The molecule has 1 N–H and O–H groups in total. The van der Waals surface area contributed by atoms with Crippen molar-refractivity contribution in [1.82, 2.24) is 10.2 Å². The molecule has 0 aliphatic rings. The van der Waals surface area contributed by atoms with Crippen molar-refractivity contribution in [2.45, 2.75) is 38.8 Å². The molecule has 0 fully saturated rings. The topological polar surface area (TPSA) is 92.6 Å². The second-order valence-corrected chi connectivity index (χ2v) is 9.13. The van der Waals surface area contributed by atoms with Gasteiger partial charge in [0.2, 0.25) is 11.8 Å². The first-order valence-electron chi connectivity index (χ1n) is 11.5. The van der Waals surface area contributed by atoms with E-state index in [1.807, 2.05) is 61.5 Å². The number of halogens is 1. The monoisotopic (exact) mass is 537 g/mol. The zero-order chi connectivity index (χ0) is 25.2. The van der Waals surface area contributed by atoms with Crippen LogP contribution in [0, 0.1) is 10.1 Å². The van der Waals surface area contributed by atoms with Crippen LogP contribution in [0.1, 0.15) is 30.0 Å². The first-order chi connectivity index (χ1) is 16.9. The molecule has 3 aromatic rings. The second kappa shape index (κ2) is 12.8. The first kappa shape index (κ1) is 26.1. The highest BCUT2D eigenvalue weighted by Crippen LogP contribution is 2.22. The standard InChI is InChI=1S/C27H28BrN3O4/c1-2-15-29-27(33)25(17-20-9-4-3-5-10-20)30(19-21-11-8-13-23(28)16-21)26(32)18-22-12-6-7-14-24(22)31(34)35/h3-14,16,25H,2,15,17-19H2,1H3,(H,29,33). The molecule has 1 unspecified atom stereocenters. The van der Waals surface area contributed by atoms with E-state index in [0.29, 0.717) is 18.5 Å². The van der Waals surface area contributed by atoms with Crippen molar-refractivity contribution in [2.75, 3.05) is 6.54 Å². The lowest BCUT2D eigenvalue weighted by Crippen LogP contribution is -2.51. The highest BCUT2D eigenvalue weighted by Gasteiger charge is 2.31. The lowest BCUT2D eigenvalue weighted by atomic mass is 10.0. The third-order valence-corrected chi connectivity index (χ3v) is 6.09. The maximum Gasteiger partial charge on any atom is 0.273 e. The summed E-state index contributed by atoms with van der Waals surface area (Å²) in [5, 5.41) is 14.4. The fraction of sp³-hybridized carbons (Fsp3) is 0.259. The fourth-order valence-corrected chi connectivity index (χ4v) is 4.30. The summed E-state index contributed by atoms with van der Waals surface area (Å²) in [6, 6.07) is 22.5. The SMILES string of the molecule is CCCNC(=O)C(Cc1ccccc1)N(Cc1cccc(Br)c1)C(=O)Cc1ccccc1[N+](=O)[O-]. The predicted octanol–water partition coefficient (Wildman–Crippen LogP) is 5.07. The minimum atomic E-state index is -0.779. The maximum absolute atomic E-state index is 13.7. The van der Waals surface area contributed by atoms with Gasteiger partial charge in [-0.25, -0.2) is 0 Å². The molecule has 0 aliphatic carbocycles. The fourth-order valence-electron chi connectivity index (χ4n) is 3.85. The van der Waals surface area contributed by atoms with E-state index in [9.17, 15) is 19.7 Å². The van der Waals surface area contributed by atoms with E-state index in [-0.39, 0.29) is 30.5 Å². The van der Waals surface area contributed by atoms with Crippen molar-refractivity contribution in [3.05, 3.63) is 110 Å². The van der Waals surface area contributed by atoms with Gasteiger partial charge in [0.1, 0.15) is 6.04 Å². The Morgan fingerprint density at radius 1 is 1.00 bits per heavy atom. The molecule has 7 nitrogen and oxygen atoms in total. The van der Waals surface area contributed by atoms with Crippen LogP contribution < -0.4 is 5.32 Å². The number of carbonyl (C=O) groups is 2. The molecule has 0 spiro atoms. The molecule has 8 heteroatoms. The van der Waals surface area contributed by atoms with Gasteiger partial charge in [-0.15, -0.1) is 0 Å². The molecule has 0 bridgehead atoms. The van der Waals surface area contributed by atoms with Crippen LogP contribution in [0.3, 0.4) is 0 Å². The van der Waals surface area contributed by atoms with Gasteiger partial charge in [0, 0.05) is 35.6 Å². The number of para-hydroxylation sites is 1. The number of nitrogens with one attached hydrogen (secondary N) is 1. The Hall–Kier alpha value is -3.52. The number of benzene rings is 3. The quantitative estimate of drug-likeness (QED) is 0.273. The first-order valence-corrected chi connectivity index (χ1v) is 12.3. The van der Waals surface area contributed by atoms with Gasteiger partial charge in [-0.3, -0.25) is 19.7 Å². The molecule has 0 radical (unpaired) electrons. The van der Waals surface area contributed by atoms with E-state index in [0.717, 1.165) is 22.0 Å². The highest BCUT2D eigenvalue weighted by atomic mass is 79.9. The highest BCUT2D eigenvalue weighted by molar-refractivity contribution is 9.10. The Morgan fingerprint density at radius 3 is 2.37 bits per heavy atom. The van der Waals surface area contributed by atoms with Crippen molar-refractivity contribution in [3.63, 3.8) is 0 Å². The van der Waals surface area contributed by atoms with Crippen LogP contribution in [0.15, 0.2) is 83.3 Å². The summed E-state index contributed by atoms with van der Waals surface area (Å²) in [7, 11) is 0. The summed E-state index contributed by atoms with van der Waals surface area (Å²) in [4.78, 5) is 39.6. The predicted molar refractivity (Wildman–Crippen MR) is 139 cm³/mol. The summed E-state index contributed by atoms with van der Waals surface area (Å²) < 4.78 is 0.858. The minimum absolute atomic E-state index is 0.113. The summed E-state index contributed by atoms with van der Waals surface area (Å²) in [5.74, 6) is -0.603. The van der Waals surface area contributed by atoms with Gasteiger partial charge < -0.3 is 10.2 Å². The molecular weight excluding hydrogens is 510 g/mol. The zero-order valence-corrected chi connectivity index (χ0v) is 21.1. The molecule has 35 heavy (non-hydrogen) atoms. The van der Waals surface area contributed by atoms with E-state index >= 15 is 0 Å². The molecule has 3 rings (SSSR count). The Bertz CT molecular complexity index is 1170. The van der Waals surface area contributed by atoms with E-state index < -0.39 is 11.0 Å². The number of rotatable bonds is 11. The van der Waals surface area contributed by atoms with Crippen molar-refractivity contribution in [1.29, 1.82) is 0 Å². The normalized spacial score (nSPS) is 11.5. The van der Waals surface area contributed by atoms with Crippen LogP contribution in [-0.4, -0.2) is 34.2 Å². The lowest BCUT2D eigenvalue weighted by Gasteiger charge is -2.31. The Labute approximate surface area is 213 Å². The van der Waals surface area contributed by atoms with Gasteiger partial charge in [-0.2, -0.15) is 0 Å². The third kappa shape index (κ3) is 7.48. The van der Waals surface area contributed by atoms with Gasteiger partial charge in [0.05, 0.1) is 11.3 Å². The van der Waals surface area contributed by atoms with Crippen LogP contribution in [0.4, 0.5) is 5.69 Å². The minimum Gasteiger partial charge on any atom is -0.354 e. The van der Waals surface area contributed by atoms with Crippen molar-refractivity contribution < 1.29 is 14.5 Å². The van der Waals surface area contributed by atoms with Crippen molar-refractivity contribution in [2.24, 2.45) is 0 Å². The molecule has 182 valence electrons. The summed E-state index contributed by atoms with van der Waals surface area (Å²) in [5.41, 5.74) is 1.96. The number of nitro benzene ring substituents is 1. The Morgan fingerprint density at radius 2 is 1.69 bits per heavy atom. The van der Waals surface area contributed by atoms with Gasteiger partial charge in [0.15, 0.2) is 0 Å². The maximum atomic E-state index is 13.7. The van der Waals surface area contributed by atoms with E-state index in [1.165, 1.54) is 11.0 Å². The van der Waals surface area contributed by atoms with Gasteiger partial charge in [-0.1, -0.05) is 83.5 Å².